The van der Waals surface area contributed by atoms with Gasteiger partial charge in [0, 0.05) is 23.3 Å². The average molecular weight is 188 g/mol. The number of aromatic nitrogens is 2. The van der Waals surface area contributed by atoms with Crippen molar-refractivity contribution < 1.29 is 0 Å². The van der Waals surface area contributed by atoms with Crippen molar-refractivity contribution in [2.24, 2.45) is 0 Å². The van der Waals surface area contributed by atoms with Crippen molar-refractivity contribution in [3.8, 4) is 0 Å². The highest BCUT2D eigenvalue weighted by Gasteiger charge is 2.17. The van der Waals surface area contributed by atoms with Gasteiger partial charge in [-0.3, -0.25) is 0 Å². The molecule has 2 heterocycles. The van der Waals surface area contributed by atoms with E-state index in [1.54, 1.807) is 0 Å². The molecule has 0 aliphatic rings. The first-order valence-corrected chi connectivity index (χ1v) is 4.93. The van der Waals surface area contributed by atoms with E-state index in [1.165, 1.54) is 10.9 Å². The van der Waals surface area contributed by atoms with Crippen LogP contribution in [-0.4, -0.2) is 9.55 Å². The summed E-state index contributed by atoms with van der Waals surface area (Å²) in [6, 6.07) is 4.11. The monoisotopic (exact) mass is 188 g/mol. The average Bonchev–Trinajstić information content (AvgIpc) is 2.44. The van der Waals surface area contributed by atoms with E-state index in [-0.39, 0.29) is 5.54 Å². The zero-order chi connectivity index (χ0) is 10.3. The molecule has 0 spiro atoms. The molecule has 0 radical (unpaired) electrons. The summed E-state index contributed by atoms with van der Waals surface area (Å²) in [6.07, 6.45) is 4.03. The molecule has 0 fully saturated rings. The summed E-state index contributed by atoms with van der Waals surface area (Å²) in [6.45, 7) is 8.72. The van der Waals surface area contributed by atoms with E-state index in [4.69, 9.17) is 0 Å². The molecule has 2 heteroatoms. The van der Waals surface area contributed by atoms with Gasteiger partial charge in [0.05, 0.1) is 0 Å². The molecule has 0 amide bonds. The highest BCUT2D eigenvalue weighted by molar-refractivity contribution is 5.80. The smallest absolute Gasteiger partial charge is 0.140 e. The van der Waals surface area contributed by atoms with Crippen molar-refractivity contribution in [2.45, 2.75) is 33.2 Å². The molecule has 14 heavy (non-hydrogen) atoms. The molecular formula is C12H16N2. The van der Waals surface area contributed by atoms with Crippen molar-refractivity contribution in [1.82, 2.24) is 9.55 Å². The predicted molar refractivity (Wildman–Crippen MR) is 59.5 cm³/mol. The summed E-state index contributed by atoms with van der Waals surface area (Å²) in [5.41, 5.74) is 2.47. The molecule has 2 aromatic heterocycles. The molecule has 0 N–H and O–H groups in total. The lowest BCUT2D eigenvalue weighted by molar-refractivity contribution is 0.408. The topological polar surface area (TPSA) is 17.8 Å². The van der Waals surface area contributed by atoms with E-state index in [9.17, 15) is 0 Å². The van der Waals surface area contributed by atoms with Crippen molar-refractivity contribution in [3.05, 3.63) is 30.1 Å². The molecule has 2 aromatic rings. The highest BCUT2D eigenvalue weighted by Crippen LogP contribution is 2.24. The van der Waals surface area contributed by atoms with Crippen LogP contribution in [0.2, 0.25) is 0 Å². The molecule has 0 aliphatic heterocycles. The number of pyridine rings is 1. The maximum Gasteiger partial charge on any atom is 0.140 e. The fourth-order valence-corrected chi connectivity index (χ4v) is 1.73. The van der Waals surface area contributed by atoms with Crippen LogP contribution in [0, 0.1) is 6.92 Å². The Hall–Kier alpha value is -1.31. The number of aryl methyl sites for hydroxylation is 1. The van der Waals surface area contributed by atoms with Crippen LogP contribution in [0.25, 0.3) is 11.0 Å². The standard InChI is InChI=1S/C12H16N2/c1-9-8-14(12(2,3)4)11-10(9)6-5-7-13-11/h5-8H,1-4H3. The summed E-state index contributed by atoms with van der Waals surface area (Å²) >= 11 is 0. The van der Waals surface area contributed by atoms with E-state index in [2.05, 4.69) is 49.5 Å². The lowest BCUT2D eigenvalue weighted by atomic mass is 10.1. The third kappa shape index (κ3) is 1.31. The van der Waals surface area contributed by atoms with Crippen molar-refractivity contribution >= 4 is 11.0 Å². The Morgan fingerprint density at radius 3 is 2.64 bits per heavy atom. The van der Waals surface area contributed by atoms with Crippen LogP contribution < -0.4 is 0 Å². The molecular weight excluding hydrogens is 172 g/mol. The first kappa shape index (κ1) is 9.25. The SMILES string of the molecule is Cc1cn(C(C)(C)C)c2ncccc12. The summed E-state index contributed by atoms with van der Waals surface area (Å²) < 4.78 is 2.23. The van der Waals surface area contributed by atoms with Crippen molar-refractivity contribution in [3.63, 3.8) is 0 Å². The number of nitrogens with zero attached hydrogens (tertiary/aromatic N) is 2. The minimum atomic E-state index is 0.0981. The first-order valence-electron chi connectivity index (χ1n) is 4.93. The van der Waals surface area contributed by atoms with E-state index >= 15 is 0 Å². The van der Waals surface area contributed by atoms with Crippen LogP contribution in [0.3, 0.4) is 0 Å². The minimum absolute atomic E-state index is 0.0981. The number of fused-ring (bicyclic) bond motifs is 1. The Morgan fingerprint density at radius 1 is 1.29 bits per heavy atom. The van der Waals surface area contributed by atoms with Gasteiger partial charge >= 0.3 is 0 Å². The van der Waals surface area contributed by atoms with Crippen LogP contribution in [0.4, 0.5) is 0 Å². The molecule has 0 aliphatic carbocycles. The quantitative estimate of drug-likeness (QED) is 0.621. The van der Waals surface area contributed by atoms with Crippen LogP contribution in [0.15, 0.2) is 24.5 Å². The van der Waals surface area contributed by atoms with Gasteiger partial charge in [-0.1, -0.05) is 0 Å². The molecule has 0 saturated carbocycles. The summed E-state index contributed by atoms with van der Waals surface area (Å²) in [7, 11) is 0. The van der Waals surface area contributed by atoms with Gasteiger partial charge in [0.15, 0.2) is 0 Å². The maximum absolute atomic E-state index is 4.43. The Balaban J connectivity index is 2.80. The lowest BCUT2D eigenvalue weighted by Gasteiger charge is -2.21. The minimum Gasteiger partial charge on any atom is -0.327 e. The van der Waals surface area contributed by atoms with E-state index in [0.29, 0.717) is 0 Å². The van der Waals surface area contributed by atoms with Crippen LogP contribution in [0.5, 0.6) is 0 Å². The lowest BCUT2D eigenvalue weighted by Crippen LogP contribution is -2.20. The second-order valence-corrected chi connectivity index (χ2v) is 4.73. The third-order valence-electron chi connectivity index (χ3n) is 2.49. The Morgan fingerprint density at radius 2 is 2.00 bits per heavy atom. The van der Waals surface area contributed by atoms with Gasteiger partial charge < -0.3 is 4.57 Å². The predicted octanol–water partition coefficient (Wildman–Crippen LogP) is 3.10. The fourth-order valence-electron chi connectivity index (χ4n) is 1.73. The highest BCUT2D eigenvalue weighted by atomic mass is 15.1. The summed E-state index contributed by atoms with van der Waals surface area (Å²) in [5, 5.41) is 1.25. The normalized spacial score (nSPS) is 12.3. The van der Waals surface area contributed by atoms with Gasteiger partial charge in [-0.25, -0.2) is 4.98 Å². The second-order valence-electron chi connectivity index (χ2n) is 4.73. The molecule has 0 saturated heterocycles. The van der Waals surface area contributed by atoms with Gasteiger partial charge in [0.1, 0.15) is 5.65 Å². The largest absolute Gasteiger partial charge is 0.327 e. The maximum atomic E-state index is 4.43. The second kappa shape index (κ2) is 2.84. The number of hydrogen-bond donors (Lipinski definition) is 0. The van der Waals surface area contributed by atoms with Crippen LogP contribution >= 0.6 is 0 Å². The van der Waals surface area contributed by atoms with Gasteiger partial charge in [0.25, 0.3) is 0 Å². The fraction of sp³-hybridized carbons (Fsp3) is 0.417. The molecule has 74 valence electrons. The van der Waals surface area contributed by atoms with Crippen LogP contribution in [-0.2, 0) is 5.54 Å². The first-order chi connectivity index (χ1) is 6.50. The Labute approximate surface area is 84.6 Å². The van der Waals surface area contributed by atoms with Gasteiger partial charge in [-0.05, 0) is 45.4 Å². The molecule has 0 bridgehead atoms. The third-order valence-corrected chi connectivity index (χ3v) is 2.49. The van der Waals surface area contributed by atoms with Crippen LogP contribution in [0.1, 0.15) is 26.3 Å². The summed E-state index contributed by atoms with van der Waals surface area (Å²) in [4.78, 5) is 4.43. The molecule has 0 unspecified atom stereocenters. The molecule has 0 aromatic carbocycles. The van der Waals surface area contributed by atoms with Gasteiger partial charge in [0.2, 0.25) is 0 Å². The number of rotatable bonds is 0. The van der Waals surface area contributed by atoms with E-state index < -0.39 is 0 Å². The van der Waals surface area contributed by atoms with Crippen molar-refractivity contribution in [1.29, 1.82) is 0 Å². The van der Waals surface area contributed by atoms with E-state index in [1.807, 2.05) is 12.3 Å². The van der Waals surface area contributed by atoms with Crippen molar-refractivity contribution in [2.75, 3.05) is 0 Å². The molecule has 0 atom stereocenters. The Kier molecular flexibility index (Phi) is 1.88. The van der Waals surface area contributed by atoms with Gasteiger partial charge in [-0.2, -0.15) is 0 Å². The Bertz CT molecular complexity index is 461. The summed E-state index contributed by atoms with van der Waals surface area (Å²) in [5.74, 6) is 0. The van der Waals surface area contributed by atoms with Gasteiger partial charge in [-0.15, -0.1) is 0 Å². The molecule has 2 rings (SSSR count). The number of hydrogen-bond acceptors (Lipinski definition) is 1. The molecule has 2 nitrogen and oxygen atoms in total. The zero-order valence-corrected chi connectivity index (χ0v) is 9.20. The zero-order valence-electron chi connectivity index (χ0n) is 9.20. The van der Waals surface area contributed by atoms with E-state index in [0.717, 1.165) is 5.65 Å².